The van der Waals surface area contributed by atoms with Crippen molar-refractivity contribution in [1.82, 2.24) is 9.62 Å². The normalized spacial score (nSPS) is 24.2. The van der Waals surface area contributed by atoms with Crippen LogP contribution in [-0.2, 0) is 10.0 Å². The molecule has 1 aliphatic heterocycles. The highest BCUT2D eigenvalue weighted by Gasteiger charge is 2.35. The molecular weight excluding hydrogens is 298 g/mol. The van der Waals surface area contributed by atoms with Gasteiger partial charge in [0.05, 0.1) is 4.90 Å². The smallest absolute Gasteiger partial charge is 0.243 e. The molecule has 7 heteroatoms. The summed E-state index contributed by atoms with van der Waals surface area (Å²) in [5, 5.41) is 3.29. The Morgan fingerprint density at radius 2 is 1.81 bits per heavy atom. The number of piperazine rings is 1. The molecule has 2 atom stereocenters. The van der Waals surface area contributed by atoms with E-state index in [1.165, 1.54) is 4.31 Å². The largest absolute Gasteiger partial charge is 0.311 e. The molecule has 2 rings (SSSR count). The van der Waals surface area contributed by atoms with E-state index in [1.54, 1.807) is 0 Å². The van der Waals surface area contributed by atoms with Crippen molar-refractivity contribution in [2.75, 3.05) is 13.1 Å². The minimum Gasteiger partial charge on any atom is -0.311 e. The van der Waals surface area contributed by atoms with Gasteiger partial charge in [0.15, 0.2) is 0 Å². The van der Waals surface area contributed by atoms with Gasteiger partial charge in [0.1, 0.15) is 11.6 Å². The number of nitrogens with zero attached hydrogens (tertiary/aromatic N) is 1. The molecule has 21 heavy (non-hydrogen) atoms. The van der Waals surface area contributed by atoms with Crippen molar-refractivity contribution in [1.29, 1.82) is 0 Å². The average Bonchev–Trinajstić information content (AvgIpc) is 2.45. The Bertz CT molecular complexity index is 587. The van der Waals surface area contributed by atoms with E-state index < -0.39 is 21.7 Å². The zero-order valence-electron chi connectivity index (χ0n) is 12.1. The Morgan fingerprint density at radius 3 is 2.33 bits per heavy atom. The summed E-state index contributed by atoms with van der Waals surface area (Å²) in [5.74, 6) is -1.77. The lowest BCUT2D eigenvalue weighted by atomic mass is 10.1. The van der Waals surface area contributed by atoms with Crippen molar-refractivity contribution in [2.24, 2.45) is 0 Å². The van der Waals surface area contributed by atoms with E-state index in [0.29, 0.717) is 25.6 Å². The monoisotopic (exact) mass is 318 g/mol. The molecule has 0 aromatic heterocycles. The van der Waals surface area contributed by atoms with E-state index in [2.05, 4.69) is 5.32 Å². The van der Waals surface area contributed by atoms with Crippen LogP contribution in [0.15, 0.2) is 23.1 Å². The van der Waals surface area contributed by atoms with Crippen LogP contribution in [0.3, 0.4) is 0 Å². The Balaban J connectivity index is 2.39. The molecule has 118 valence electrons. The molecule has 0 amide bonds. The summed E-state index contributed by atoms with van der Waals surface area (Å²) in [6.07, 6.45) is 1.43. The Labute approximate surface area is 124 Å². The van der Waals surface area contributed by atoms with Gasteiger partial charge in [0.2, 0.25) is 10.0 Å². The first-order chi connectivity index (χ1) is 9.88. The summed E-state index contributed by atoms with van der Waals surface area (Å²) >= 11 is 0. The number of rotatable bonds is 4. The first kappa shape index (κ1) is 16.3. The van der Waals surface area contributed by atoms with Gasteiger partial charge in [0, 0.05) is 31.2 Å². The van der Waals surface area contributed by atoms with E-state index in [9.17, 15) is 17.2 Å². The van der Waals surface area contributed by atoms with Gasteiger partial charge in [0.25, 0.3) is 0 Å². The first-order valence-corrected chi connectivity index (χ1v) is 8.53. The van der Waals surface area contributed by atoms with Gasteiger partial charge in [-0.05, 0) is 25.0 Å². The van der Waals surface area contributed by atoms with E-state index in [-0.39, 0.29) is 17.0 Å². The summed E-state index contributed by atoms with van der Waals surface area (Å²) in [7, 11) is -3.90. The van der Waals surface area contributed by atoms with Gasteiger partial charge in [-0.2, -0.15) is 4.31 Å². The molecule has 1 aromatic carbocycles. The molecule has 1 saturated heterocycles. The van der Waals surface area contributed by atoms with Crippen molar-refractivity contribution in [2.45, 2.75) is 43.7 Å². The second-order valence-corrected chi connectivity index (χ2v) is 7.15. The summed E-state index contributed by atoms with van der Waals surface area (Å²) in [5.41, 5.74) is 0. The molecule has 0 spiro atoms. The van der Waals surface area contributed by atoms with Crippen LogP contribution in [0.2, 0.25) is 0 Å². The van der Waals surface area contributed by atoms with Crippen molar-refractivity contribution in [3.63, 3.8) is 0 Å². The molecule has 1 aliphatic rings. The molecular formula is C14H20F2N2O2S. The maximum absolute atomic E-state index is 13.3. The third kappa shape index (κ3) is 3.41. The molecule has 0 bridgehead atoms. The SMILES string of the molecule is CCC1CN(S(=O)(=O)c2cc(F)cc(F)c2)C(CC)CN1. The minimum atomic E-state index is -3.90. The summed E-state index contributed by atoms with van der Waals surface area (Å²) in [6.45, 7) is 4.73. The highest BCUT2D eigenvalue weighted by atomic mass is 32.2. The second-order valence-electron chi connectivity index (χ2n) is 5.26. The van der Waals surface area contributed by atoms with E-state index in [1.807, 2.05) is 13.8 Å². The average molecular weight is 318 g/mol. The standard InChI is InChI=1S/C14H20F2N2O2S/c1-3-12-9-18(13(4-2)8-17-12)21(19,20)14-6-10(15)5-11(16)7-14/h5-7,12-13,17H,3-4,8-9H2,1-2H3. The first-order valence-electron chi connectivity index (χ1n) is 7.09. The van der Waals surface area contributed by atoms with Crippen LogP contribution in [-0.4, -0.2) is 37.9 Å². The molecule has 0 radical (unpaired) electrons. The molecule has 1 N–H and O–H groups in total. The maximum atomic E-state index is 13.3. The zero-order chi connectivity index (χ0) is 15.6. The van der Waals surface area contributed by atoms with E-state index >= 15 is 0 Å². The fourth-order valence-electron chi connectivity index (χ4n) is 2.56. The number of sulfonamides is 1. The second kappa shape index (κ2) is 6.37. The van der Waals surface area contributed by atoms with Crippen molar-refractivity contribution < 1.29 is 17.2 Å². The molecule has 0 saturated carbocycles. The van der Waals surface area contributed by atoms with Gasteiger partial charge in [-0.15, -0.1) is 0 Å². The number of hydrogen-bond donors (Lipinski definition) is 1. The Hall–Kier alpha value is -1.05. The van der Waals surface area contributed by atoms with Gasteiger partial charge in [-0.1, -0.05) is 13.8 Å². The van der Waals surface area contributed by atoms with Crippen LogP contribution in [0.4, 0.5) is 8.78 Å². The maximum Gasteiger partial charge on any atom is 0.243 e. The third-order valence-electron chi connectivity index (χ3n) is 3.86. The number of nitrogens with one attached hydrogen (secondary N) is 1. The molecule has 1 fully saturated rings. The topological polar surface area (TPSA) is 49.4 Å². The van der Waals surface area contributed by atoms with Crippen LogP contribution in [0.25, 0.3) is 0 Å². The summed E-state index contributed by atoms with van der Waals surface area (Å²) in [4.78, 5) is -0.324. The van der Waals surface area contributed by atoms with Crippen molar-refractivity contribution in [3.8, 4) is 0 Å². The minimum absolute atomic E-state index is 0.0565. The molecule has 4 nitrogen and oxygen atoms in total. The predicted octanol–water partition coefficient (Wildman–Crippen LogP) is 2.12. The number of halogens is 2. The van der Waals surface area contributed by atoms with Gasteiger partial charge in [-0.25, -0.2) is 17.2 Å². The van der Waals surface area contributed by atoms with E-state index in [0.717, 1.165) is 18.6 Å². The Morgan fingerprint density at radius 1 is 1.19 bits per heavy atom. The third-order valence-corrected chi connectivity index (χ3v) is 5.75. The predicted molar refractivity (Wildman–Crippen MR) is 76.4 cm³/mol. The lowest BCUT2D eigenvalue weighted by Crippen LogP contribution is -2.57. The van der Waals surface area contributed by atoms with Gasteiger partial charge in [-0.3, -0.25) is 0 Å². The Kier molecular flexibility index (Phi) is 4.95. The van der Waals surface area contributed by atoms with Gasteiger partial charge < -0.3 is 5.32 Å². The highest BCUT2D eigenvalue weighted by molar-refractivity contribution is 7.89. The van der Waals surface area contributed by atoms with Crippen LogP contribution in [0.5, 0.6) is 0 Å². The fraction of sp³-hybridized carbons (Fsp3) is 0.571. The van der Waals surface area contributed by atoms with Crippen LogP contribution in [0.1, 0.15) is 26.7 Å². The molecule has 1 heterocycles. The van der Waals surface area contributed by atoms with E-state index in [4.69, 9.17) is 0 Å². The summed E-state index contributed by atoms with van der Waals surface area (Å²) in [6, 6.07) is 2.26. The molecule has 2 unspecified atom stereocenters. The quantitative estimate of drug-likeness (QED) is 0.925. The van der Waals surface area contributed by atoms with Crippen LogP contribution in [0, 0.1) is 11.6 Å². The lowest BCUT2D eigenvalue weighted by Gasteiger charge is -2.38. The molecule has 0 aliphatic carbocycles. The number of hydrogen-bond acceptors (Lipinski definition) is 3. The highest BCUT2D eigenvalue weighted by Crippen LogP contribution is 2.24. The number of benzene rings is 1. The van der Waals surface area contributed by atoms with Gasteiger partial charge >= 0.3 is 0 Å². The zero-order valence-corrected chi connectivity index (χ0v) is 13.0. The van der Waals surface area contributed by atoms with Crippen molar-refractivity contribution >= 4 is 10.0 Å². The van der Waals surface area contributed by atoms with Crippen LogP contribution < -0.4 is 5.32 Å². The van der Waals surface area contributed by atoms with Crippen LogP contribution >= 0.6 is 0 Å². The van der Waals surface area contributed by atoms with Crippen molar-refractivity contribution in [3.05, 3.63) is 29.8 Å². The summed E-state index contributed by atoms with van der Waals surface area (Å²) < 4.78 is 53.4. The molecule has 1 aromatic rings. The lowest BCUT2D eigenvalue weighted by molar-refractivity contribution is 0.215. The fourth-order valence-corrected chi connectivity index (χ4v) is 4.35.